The summed E-state index contributed by atoms with van der Waals surface area (Å²) < 4.78 is 47.6. The molecular weight excluding hydrogens is 395 g/mol. The summed E-state index contributed by atoms with van der Waals surface area (Å²) in [7, 11) is 0. The fraction of sp³-hybridized carbons (Fsp3) is 0.364. The first-order valence-electron chi connectivity index (χ1n) is 10.0. The van der Waals surface area contributed by atoms with Crippen LogP contribution in [-0.2, 0) is 19.1 Å². The molecule has 1 aliphatic carbocycles. The van der Waals surface area contributed by atoms with E-state index in [4.69, 9.17) is 4.74 Å². The average molecular weight is 415 g/mol. The van der Waals surface area contributed by atoms with Crippen molar-refractivity contribution in [3.63, 3.8) is 0 Å². The van der Waals surface area contributed by atoms with Gasteiger partial charge in [0, 0.05) is 19.2 Å². The van der Waals surface area contributed by atoms with Crippen LogP contribution in [0.1, 0.15) is 58.1 Å². The van der Waals surface area contributed by atoms with E-state index < -0.39 is 23.5 Å². The Hall–Kier alpha value is -3.03. The van der Waals surface area contributed by atoms with Crippen molar-refractivity contribution in [3.05, 3.63) is 64.6 Å². The lowest BCUT2D eigenvalue weighted by atomic mass is 9.80. The second-order valence-corrected chi connectivity index (χ2v) is 7.85. The van der Waals surface area contributed by atoms with Gasteiger partial charge in [0.25, 0.3) is 5.91 Å². The molecule has 3 heterocycles. The van der Waals surface area contributed by atoms with Gasteiger partial charge in [-0.05, 0) is 53.6 Å². The number of benzene rings is 1. The Kier molecular flexibility index (Phi) is 4.45. The fourth-order valence-electron chi connectivity index (χ4n) is 4.09. The van der Waals surface area contributed by atoms with Crippen LogP contribution in [0.4, 0.5) is 13.2 Å². The topological polar surface area (TPSA) is 55.6 Å². The summed E-state index contributed by atoms with van der Waals surface area (Å²) in [5, 5.41) is 2.62. The quantitative estimate of drug-likeness (QED) is 0.683. The number of ether oxygens (including phenoxy) is 1. The van der Waals surface area contributed by atoms with Crippen LogP contribution in [0.2, 0.25) is 0 Å². The van der Waals surface area contributed by atoms with E-state index in [2.05, 4.69) is 10.3 Å². The number of halogens is 3. The Bertz CT molecular complexity index is 1130. The first kappa shape index (κ1) is 19.0. The molecule has 0 atom stereocenters. The molecule has 0 spiro atoms. The van der Waals surface area contributed by atoms with Gasteiger partial charge in [-0.3, -0.25) is 9.20 Å². The highest BCUT2D eigenvalue weighted by Gasteiger charge is 2.40. The lowest BCUT2D eigenvalue weighted by molar-refractivity contribution is -0.141. The third-order valence-corrected chi connectivity index (χ3v) is 5.92. The van der Waals surface area contributed by atoms with Gasteiger partial charge in [0.1, 0.15) is 17.1 Å². The van der Waals surface area contributed by atoms with Crippen LogP contribution in [0.15, 0.2) is 36.5 Å². The lowest BCUT2D eigenvalue weighted by Crippen LogP contribution is -2.27. The molecule has 5 rings (SSSR count). The Labute approximate surface area is 170 Å². The molecule has 1 amide bonds. The van der Waals surface area contributed by atoms with Gasteiger partial charge in [0.05, 0.1) is 6.61 Å². The van der Waals surface area contributed by atoms with Crippen molar-refractivity contribution in [2.45, 2.75) is 44.3 Å². The van der Waals surface area contributed by atoms with Gasteiger partial charge in [-0.15, -0.1) is 0 Å². The molecule has 2 aromatic heterocycles. The third kappa shape index (κ3) is 3.30. The Morgan fingerprint density at radius 2 is 2.07 bits per heavy atom. The van der Waals surface area contributed by atoms with Crippen molar-refractivity contribution in [3.8, 4) is 5.75 Å². The number of alkyl halides is 3. The zero-order valence-electron chi connectivity index (χ0n) is 16.1. The second kappa shape index (κ2) is 7.04. The van der Waals surface area contributed by atoms with E-state index in [9.17, 15) is 18.0 Å². The Balaban J connectivity index is 1.44. The van der Waals surface area contributed by atoms with E-state index in [0.29, 0.717) is 12.5 Å². The highest BCUT2D eigenvalue weighted by molar-refractivity contribution is 5.95. The first-order valence-corrected chi connectivity index (χ1v) is 10.0. The summed E-state index contributed by atoms with van der Waals surface area (Å²) in [5.41, 5.74) is 1.32. The van der Waals surface area contributed by atoms with E-state index in [1.54, 1.807) is 18.2 Å². The van der Waals surface area contributed by atoms with Crippen molar-refractivity contribution in [1.82, 2.24) is 14.7 Å². The van der Waals surface area contributed by atoms with Gasteiger partial charge in [0.2, 0.25) is 0 Å². The van der Waals surface area contributed by atoms with Gasteiger partial charge < -0.3 is 10.1 Å². The number of imidazole rings is 1. The Morgan fingerprint density at radius 3 is 2.80 bits per heavy atom. The number of fused-ring (bicyclic) bond motifs is 2. The molecular formula is C22H20F3N3O2. The highest BCUT2D eigenvalue weighted by atomic mass is 19.4. The average Bonchev–Trinajstić information content (AvgIpc) is 3.28. The highest BCUT2D eigenvalue weighted by Crippen LogP contribution is 2.38. The molecule has 1 aliphatic heterocycles. The predicted molar refractivity (Wildman–Crippen MR) is 104 cm³/mol. The summed E-state index contributed by atoms with van der Waals surface area (Å²) in [6.07, 6.45) is 0.768. The van der Waals surface area contributed by atoms with Crippen molar-refractivity contribution in [2.24, 2.45) is 0 Å². The zero-order chi connectivity index (χ0) is 20.9. The lowest BCUT2D eigenvalue weighted by Gasteiger charge is -2.25. The normalized spacial score (nSPS) is 16.2. The molecule has 8 heteroatoms. The number of hydrogen-bond donors (Lipinski definition) is 1. The molecule has 0 saturated heterocycles. The molecule has 1 aromatic carbocycles. The summed E-state index contributed by atoms with van der Waals surface area (Å²) in [6, 6.07) is 8.98. The number of pyridine rings is 1. The number of nitrogens with zero attached hydrogens (tertiary/aromatic N) is 2. The minimum absolute atomic E-state index is 0.122. The van der Waals surface area contributed by atoms with E-state index in [0.717, 1.165) is 48.1 Å². The van der Waals surface area contributed by atoms with E-state index in [1.165, 1.54) is 10.6 Å². The van der Waals surface area contributed by atoms with Crippen molar-refractivity contribution >= 4 is 11.6 Å². The van der Waals surface area contributed by atoms with Crippen LogP contribution < -0.4 is 10.1 Å². The molecule has 156 valence electrons. The third-order valence-electron chi connectivity index (χ3n) is 5.92. The van der Waals surface area contributed by atoms with Crippen LogP contribution in [0, 0.1) is 0 Å². The number of hydrogen-bond acceptors (Lipinski definition) is 3. The number of nitrogens with one attached hydrogen (secondary N) is 1. The number of carbonyl (C=O) groups is 1. The molecule has 1 fully saturated rings. The largest absolute Gasteiger partial charge is 0.493 e. The van der Waals surface area contributed by atoms with E-state index >= 15 is 0 Å². The molecule has 3 aromatic rings. The van der Waals surface area contributed by atoms with Crippen LogP contribution >= 0.6 is 0 Å². The number of aromatic nitrogens is 2. The van der Waals surface area contributed by atoms with Crippen molar-refractivity contribution in [1.29, 1.82) is 0 Å². The monoisotopic (exact) mass is 415 g/mol. The minimum Gasteiger partial charge on any atom is -0.493 e. The van der Waals surface area contributed by atoms with Gasteiger partial charge in [-0.2, -0.15) is 13.2 Å². The maximum atomic E-state index is 13.6. The molecule has 0 unspecified atom stereocenters. The first-order chi connectivity index (χ1) is 14.4. The second-order valence-electron chi connectivity index (χ2n) is 7.85. The molecule has 2 aliphatic rings. The summed E-state index contributed by atoms with van der Waals surface area (Å²) in [5.74, 6) is 0.374. The van der Waals surface area contributed by atoms with Gasteiger partial charge in [-0.1, -0.05) is 18.6 Å². The van der Waals surface area contributed by atoms with Crippen LogP contribution in [0.3, 0.4) is 0 Å². The van der Waals surface area contributed by atoms with Crippen molar-refractivity contribution < 1.29 is 22.7 Å². The summed E-state index contributed by atoms with van der Waals surface area (Å²) in [4.78, 5) is 16.6. The molecule has 0 bridgehead atoms. The van der Waals surface area contributed by atoms with Gasteiger partial charge in [-0.25, -0.2) is 4.98 Å². The molecule has 1 N–H and O–H groups in total. The maximum absolute atomic E-state index is 13.6. The SMILES string of the molecule is O=C(NCc1ccc2c(c1)CCO2)c1c(C(F)(F)F)nc2cc(C3CCC3)ccn12. The van der Waals surface area contributed by atoms with E-state index in [-0.39, 0.29) is 12.2 Å². The molecule has 5 nitrogen and oxygen atoms in total. The molecule has 30 heavy (non-hydrogen) atoms. The Morgan fingerprint density at radius 1 is 1.23 bits per heavy atom. The molecule has 1 saturated carbocycles. The zero-order valence-corrected chi connectivity index (χ0v) is 16.1. The molecule has 0 radical (unpaired) electrons. The number of amides is 1. The van der Waals surface area contributed by atoms with Crippen molar-refractivity contribution in [2.75, 3.05) is 6.61 Å². The summed E-state index contributed by atoms with van der Waals surface area (Å²) in [6.45, 7) is 0.738. The number of rotatable bonds is 4. The minimum atomic E-state index is -4.72. The smallest absolute Gasteiger partial charge is 0.435 e. The fourth-order valence-corrected chi connectivity index (χ4v) is 4.09. The summed E-state index contributed by atoms with van der Waals surface area (Å²) >= 11 is 0. The standard InChI is InChI=1S/C22H20F3N3O2/c23-22(24,25)20-19(28-8-6-15(11-18(28)27-20)14-2-1-3-14)21(29)26-12-13-4-5-17-16(10-13)7-9-30-17/h4-6,8,10-11,14H,1-3,7,9,12H2,(H,26,29). The van der Waals surface area contributed by atoms with Gasteiger partial charge in [0.15, 0.2) is 5.69 Å². The predicted octanol–water partition coefficient (Wildman–Crippen LogP) is 4.49. The van der Waals surface area contributed by atoms with Crippen LogP contribution in [0.5, 0.6) is 5.75 Å². The van der Waals surface area contributed by atoms with E-state index in [1.807, 2.05) is 12.1 Å². The van der Waals surface area contributed by atoms with Crippen LogP contribution in [0.25, 0.3) is 5.65 Å². The number of carbonyl (C=O) groups excluding carboxylic acids is 1. The van der Waals surface area contributed by atoms with Crippen LogP contribution in [-0.4, -0.2) is 21.9 Å². The van der Waals surface area contributed by atoms with Gasteiger partial charge >= 0.3 is 6.18 Å². The maximum Gasteiger partial charge on any atom is 0.435 e.